The molecule has 0 bridgehead atoms. The molecule has 0 unspecified atom stereocenters. The van der Waals surface area contributed by atoms with Gasteiger partial charge in [-0.3, -0.25) is 0 Å². The van der Waals surface area contributed by atoms with E-state index in [-0.39, 0.29) is 6.04 Å². The van der Waals surface area contributed by atoms with Crippen LogP contribution in [-0.2, 0) is 0 Å². The fourth-order valence-corrected chi connectivity index (χ4v) is 2.51. The third-order valence-corrected chi connectivity index (χ3v) is 3.28. The smallest absolute Gasteiger partial charge is 0.148 e. The number of rotatable bonds is 2. The van der Waals surface area contributed by atoms with E-state index in [2.05, 4.69) is 26.0 Å². The van der Waals surface area contributed by atoms with Gasteiger partial charge in [0.2, 0.25) is 0 Å². The molecule has 0 aliphatic rings. The highest BCUT2D eigenvalue weighted by Crippen LogP contribution is 2.25. The van der Waals surface area contributed by atoms with Gasteiger partial charge < -0.3 is 5.73 Å². The molecule has 0 radical (unpaired) electrons. The highest BCUT2D eigenvalue weighted by atomic mass is 79.9. The Balaban J connectivity index is 2.48. The second kappa shape index (κ2) is 4.58. The van der Waals surface area contributed by atoms with Crippen molar-refractivity contribution in [2.45, 2.75) is 26.8 Å². The van der Waals surface area contributed by atoms with Gasteiger partial charge in [-0.05, 0) is 38.5 Å². The molecule has 17 heavy (non-hydrogen) atoms. The third kappa shape index (κ3) is 2.40. The molecule has 1 aromatic heterocycles. The highest BCUT2D eigenvalue weighted by Gasteiger charge is 2.09. The molecule has 0 aliphatic carbocycles. The van der Waals surface area contributed by atoms with Crippen LogP contribution in [0.1, 0.15) is 30.2 Å². The van der Waals surface area contributed by atoms with Crippen molar-refractivity contribution < 1.29 is 0 Å². The SMILES string of the molecule is Cc1nc(C)n(-c2ccc([C@H](C)N)c(Br)c2)n1. The summed E-state index contributed by atoms with van der Waals surface area (Å²) >= 11 is 3.53. The van der Waals surface area contributed by atoms with E-state index < -0.39 is 0 Å². The average Bonchev–Trinajstić information content (AvgIpc) is 2.57. The Morgan fingerprint density at radius 3 is 2.53 bits per heavy atom. The summed E-state index contributed by atoms with van der Waals surface area (Å²) in [6.45, 7) is 5.78. The molecular formula is C12H15BrN4. The Morgan fingerprint density at radius 1 is 1.35 bits per heavy atom. The Morgan fingerprint density at radius 2 is 2.06 bits per heavy atom. The molecule has 0 fully saturated rings. The first-order valence-electron chi connectivity index (χ1n) is 5.44. The number of aromatic nitrogens is 3. The lowest BCUT2D eigenvalue weighted by Gasteiger charge is -2.10. The van der Waals surface area contributed by atoms with Gasteiger partial charge in [-0.1, -0.05) is 22.0 Å². The summed E-state index contributed by atoms with van der Waals surface area (Å²) in [7, 11) is 0. The third-order valence-electron chi connectivity index (χ3n) is 2.59. The lowest BCUT2D eigenvalue weighted by Crippen LogP contribution is -2.07. The van der Waals surface area contributed by atoms with E-state index in [4.69, 9.17) is 5.73 Å². The monoisotopic (exact) mass is 294 g/mol. The van der Waals surface area contributed by atoms with E-state index >= 15 is 0 Å². The summed E-state index contributed by atoms with van der Waals surface area (Å²) in [6, 6.07) is 6.04. The zero-order chi connectivity index (χ0) is 12.6. The predicted octanol–water partition coefficient (Wildman–Crippen LogP) is 2.67. The number of halogens is 1. The van der Waals surface area contributed by atoms with Crippen molar-refractivity contribution >= 4 is 15.9 Å². The second-order valence-electron chi connectivity index (χ2n) is 4.11. The molecule has 0 aliphatic heterocycles. The minimum atomic E-state index is 0.0111. The molecule has 2 N–H and O–H groups in total. The zero-order valence-electron chi connectivity index (χ0n) is 10.1. The van der Waals surface area contributed by atoms with Crippen molar-refractivity contribution in [1.82, 2.24) is 14.8 Å². The molecule has 1 aromatic carbocycles. The highest BCUT2D eigenvalue weighted by molar-refractivity contribution is 9.10. The molecule has 1 heterocycles. The van der Waals surface area contributed by atoms with Crippen LogP contribution in [-0.4, -0.2) is 14.8 Å². The van der Waals surface area contributed by atoms with Gasteiger partial charge in [-0.15, -0.1) is 0 Å². The quantitative estimate of drug-likeness (QED) is 0.926. The first-order chi connectivity index (χ1) is 7.99. The van der Waals surface area contributed by atoms with Crippen molar-refractivity contribution in [2.75, 3.05) is 0 Å². The fourth-order valence-electron chi connectivity index (χ4n) is 1.78. The van der Waals surface area contributed by atoms with Crippen molar-refractivity contribution in [3.8, 4) is 5.69 Å². The maximum Gasteiger partial charge on any atom is 0.148 e. The largest absolute Gasteiger partial charge is 0.324 e. The van der Waals surface area contributed by atoms with Crippen molar-refractivity contribution in [3.05, 3.63) is 39.9 Å². The maximum atomic E-state index is 5.87. The summed E-state index contributed by atoms with van der Waals surface area (Å²) in [6.07, 6.45) is 0. The topological polar surface area (TPSA) is 56.7 Å². The van der Waals surface area contributed by atoms with Crippen LogP contribution in [0.2, 0.25) is 0 Å². The van der Waals surface area contributed by atoms with Crippen molar-refractivity contribution in [3.63, 3.8) is 0 Å². The van der Waals surface area contributed by atoms with Crippen LogP contribution in [0.3, 0.4) is 0 Å². The Hall–Kier alpha value is -1.20. The van der Waals surface area contributed by atoms with Crippen LogP contribution < -0.4 is 5.73 Å². The Labute approximate surface area is 109 Å². The molecule has 90 valence electrons. The van der Waals surface area contributed by atoms with Gasteiger partial charge in [0.05, 0.1) is 5.69 Å². The van der Waals surface area contributed by atoms with E-state index in [1.54, 1.807) is 0 Å². The first-order valence-corrected chi connectivity index (χ1v) is 6.24. The summed E-state index contributed by atoms with van der Waals surface area (Å²) in [5.41, 5.74) is 7.94. The van der Waals surface area contributed by atoms with Crippen LogP contribution in [0.15, 0.2) is 22.7 Å². The fraction of sp³-hybridized carbons (Fsp3) is 0.333. The van der Waals surface area contributed by atoms with Gasteiger partial charge in [0, 0.05) is 10.5 Å². The molecule has 2 aromatic rings. The van der Waals surface area contributed by atoms with Crippen LogP contribution in [0, 0.1) is 13.8 Å². The summed E-state index contributed by atoms with van der Waals surface area (Å²) in [5, 5.41) is 4.35. The lowest BCUT2D eigenvalue weighted by atomic mass is 10.1. The van der Waals surface area contributed by atoms with Crippen LogP contribution in [0.5, 0.6) is 0 Å². The summed E-state index contributed by atoms with van der Waals surface area (Å²) in [5.74, 6) is 1.65. The van der Waals surface area contributed by atoms with Gasteiger partial charge >= 0.3 is 0 Å². The molecule has 2 rings (SSSR count). The van der Waals surface area contributed by atoms with Gasteiger partial charge in [-0.25, -0.2) is 9.67 Å². The molecular weight excluding hydrogens is 280 g/mol. The first kappa shape index (κ1) is 12.3. The maximum absolute atomic E-state index is 5.87. The number of hydrogen-bond donors (Lipinski definition) is 1. The molecule has 0 amide bonds. The molecule has 5 heteroatoms. The predicted molar refractivity (Wildman–Crippen MR) is 71.1 cm³/mol. The molecule has 0 saturated heterocycles. The van der Waals surface area contributed by atoms with E-state index in [0.717, 1.165) is 27.4 Å². The number of nitrogens with zero attached hydrogens (tertiary/aromatic N) is 3. The number of nitrogens with two attached hydrogens (primary N) is 1. The Kier molecular flexibility index (Phi) is 3.31. The van der Waals surface area contributed by atoms with E-state index in [0.29, 0.717) is 0 Å². The van der Waals surface area contributed by atoms with E-state index in [1.807, 2.05) is 43.7 Å². The number of aryl methyl sites for hydroxylation is 2. The van der Waals surface area contributed by atoms with Crippen molar-refractivity contribution in [2.24, 2.45) is 5.73 Å². The lowest BCUT2D eigenvalue weighted by molar-refractivity contribution is 0.802. The van der Waals surface area contributed by atoms with Gasteiger partial charge in [0.15, 0.2) is 0 Å². The average molecular weight is 295 g/mol. The standard InChI is InChI=1S/C12H15BrN4/c1-7(14)11-5-4-10(6-12(11)13)17-9(3)15-8(2)16-17/h4-7H,14H2,1-3H3/t7-/m0/s1. The molecule has 0 spiro atoms. The summed E-state index contributed by atoms with van der Waals surface area (Å²) in [4.78, 5) is 4.29. The van der Waals surface area contributed by atoms with Crippen LogP contribution in [0.4, 0.5) is 0 Å². The second-order valence-corrected chi connectivity index (χ2v) is 4.97. The molecule has 1 atom stereocenters. The molecule has 4 nitrogen and oxygen atoms in total. The Bertz CT molecular complexity index is 545. The van der Waals surface area contributed by atoms with Gasteiger partial charge in [0.25, 0.3) is 0 Å². The van der Waals surface area contributed by atoms with E-state index in [9.17, 15) is 0 Å². The van der Waals surface area contributed by atoms with Crippen molar-refractivity contribution in [1.29, 1.82) is 0 Å². The van der Waals surface area contributed by atoms with Crippen LogP contribution in [0.25, 0.3) is 5.69 Å². The number of benzene rings is 1. The van der Waals surface area contributed by atoms with Gasteiger partial charge in [-0.2, -0.15) is 5.10 Å². The zero-order valence-corrected chi connectivity index (χ0v) is 11.7. The molecule has 0 saturated carbocycles. The summed E-state index contributed by atoms with van der Waals surface area (Å²) < 4.78 is 2.82. The number of hydrogen-bond acceptors (Lipinski definition) is 3. The minimum Gasteiger partial charge on any atom is -0.324 e. The van der Waals surface area contributed by atoms with Crippen LogP contribution >= 0.6 is 15.9 Å². The van der Waals surface area contributed by atoms with Gasteiger partial charge in [0.1, 0.15) is 11.6 Å². The van der Waals surface area contributed by atoms with E-state index in [1.165, 1.54) is 0 Å². The normalized spacial score (nSPS) is 12.8. The minimum absolute atomic E-state index is 0.0111.